The predicted molar refractivity (Wildman–Crippen MR) is 96.7 cm³/mol. The number of nitriles is 1. The molecule has 25 heavy (non-hydrogen) atoms. The predicted octanol–water partition coefficient (Wildman–Crippen LogP) is 1.65. The van der Waals surface area contributed by atoms with Crippen LogP contribution in [0.1, 0.15) is 11.3 Å². The van der Waals surface area contributed by atoms with Crippen molar-refractivity contribution in [1.29, 1.82) is 5.26 Å². The van der Waals surface area contributed by atoms with Gasteiger partial charge in [0.1, 0.15) is 0 Å². The molecule has 130 valence electrons. The fourth-order valence-corrected chi connectivity index (χ4v) is 4.32. The molecule has 1 aromatic carbocycles. The van der Waals surface area contributed by atoms with Crippen molar-refractivity contribution in [3.8, 4) is 6.07 Å². The van der Waals surface area contributed by atoms with E-state index >= 15 is 0 Å². The van der Waals surface area contributed by atoms with E-state index in [1.54, 1.807) is 22.6 Å². The van der Waals surface area contributed by atoms with E-state index < -0.39 is 10.0 Å². The van der Waals surface area contributed by atoms with E-state index in [0.29, 0.717) is 38.2 Å². The number of hydrogen-bond donors (Lipinski definition) is 0. The number of aromatic nitrogens is 1. The van der Waals surface area contributed by atoms with E-state index in [1.807, 2.05) is 30.3 Å². The number of pyridine rings is 1. The molecule has 1 saturated heterocycles. The molecule has 7 heteroatoms. The molecule has 1 aromatic heterocycles. The number of aryl methyl sites for hydroxylation is 1. The van der Waals surface area contributed by atoms with Gasteiger partial charge in [0.2, 0.25) is 10.0 Å². The monoisotopic (exact) mass is 356 g/mol. The minimum absolute atomic E-state index is 0.0842. The zero-order valence-electron chi connectivity index (χ0n) is 13.9. The Morgan fingerprint density at radius 1 is 1.04 bits per heavy atom. The van der Waals surface area contributed by atoms with Crippen molar-refractivity contribution < 1.29 is 8.42 Å². The Labute approximate surface area is 148 Å². The van der Waals surface area contributed by atoms with Crippen molar-refractivity contribution >= 4 is 15.7 Å². The first-order chi connectivity index (χ1) is 12.1. The molecule has 2 heterocycles. The van der Waals surface area contributed by atoms with E-state index in [2.05, 4.69) is 16.0 Å². The quantitative estimate of drug-likeness (QED) is 0.814. The number of anilines is 1. The van der Waals surface area contributed by atoms with Crippen molar-refractivity contribution in [3.63, 3.8) is 0 Å². The van der Waals surface area contributed by atoms with Crippen LogP contribution in [0.3, 0.4) is 0 Å². The number of sulfonamides is 1. The van der Waals surface area contributed by atoms with Gasteiger partial charge in [-0.25, -0.2) is 8.42 Å². The minimum atomic E-state index is -3.27. The summed E-state index contributed by atoms with van der Waals surface area (Å²) in [6, 6.07) is 15.0. The van der Waals surface area contributed by atoms with Gasteiger partial charge in [0, 0.05) is 50.2 Å². The Morgan fingerprint density at radius 2 is 1.76 bits per heavy atom. The lowest BCUT2D eigenvalue weighted by molar-refractivity contribution is 0.385. The van der Waals surface area contributed by atoms with Crippen LogP contribution >= 0.6 is 0 Å². The highest BCUT2D eigenvalue weighted by Crippen LogP contribution is 2.18. The molecular weight excluding hydrogens is 336 g/mol. The molecule has 0 spiro atoms. The summed E-state index contributed by atoms with van der Waals surface area (Å²) in [6.45, 7) is 2.25. The van der Waals surface area contributed by atoms with Crippen LogP contribution in [0.15, 0.2) is 48.7 Å². The Balaban J connectivity index is 1.56. The Morgan fingerprint density at radius 3 is 2.36 bits per heavy atom. The molecule has 1 aliphatic heterocycles. The van der Waals surface area contributed by atoms with Gasteiger partial charge in [0.15, 0.2) is 0 Å². The lowest BCUT2D eigenvalue weighted by Crippen LogP contribution is -2.49. The van der Waals surface area contributed by atoms with Gasteiger partial charge in [0.05, 0.1) is 17.4 Å². The molecule has 0 amide bonds. The summed E-state index contributed by atoms with van der Waals surface area (Å²) < 4.78 is 26.6. The zero-order valence-corrected chi connectivity index (χ0v) is 14.7. The van der Waals surface area contributed by atoms with Crippen LogP contribution in [0.25, 0.3) is 0 Å². The van der Waals surface area contributed by atoms with Gasteiger partial charge in [-0.2, -0.15) is 9.57 Å². The average Bonchev–Trinajstić information content (AvgIpc) is 2.67. The highest BCUT2D eigenvalue weighted by atomic mass is 32.2. The molecular formula is C18H20N4O2S. The van der Waals surface area contributed by atoms with Crippen LogP contribution in [-0.2, 0) is 16.4 Å². The molecule has 0 radical (unpaired) electrons. The largest absolute Gasteiger partial charge is 0.369 e. The molecule has 0 saturated carbocycles. The lowest BCUT2D eigenvalue weighted by atomic mass is 10.2. The fraction of sp³-hybridized carbons (Fsp3) is 0.333. The molecule has 0 unspecified atom stereocenters. The first-order valence-corrected chi connectivity index (χ1v) is 9.82. The summed E-state index contributed by atoms with van der Waals surface area (Å²) in [6.07, 6.45) is 2.11. The van der Waals surface area contributed by atoms with Crippen LogP contribution < -0.4 is 4.90 Å². The van der Waals surface area contributed by atoms with Crippen LogP contribution in [0.4, 0.5) is 5.69 Å². The summed E-state index contributed by atoms with van der Waals surface area (Å²) in [5.74, 6) is 0.0842. The first-order valence-electron chi connectivity index (χ1n) is 8.21. The van der Waals surface area contributed by atoms with Crippen molar-refractivity contribution in [3.05, 3.63) is 59.9 Å². The molecule has 0 N–H and O–H groups in total. The van der Waals surface area contributed by atoms with Crippen molar-refractivity contribution in [2.45, 2.75) is 6.42 Å². The van der Waals surface area contributed by atoms with E-state index in [-0.39, 0.29) is 5.75 Å². The molecule has 3 rings (SSSR count). The third-order valence-corrected chi connectivity index (χ3v) is 6.21. The molecule has 1 fully saturated rings. The lowest BCUT2D eigenvalue weighted by Gasteiger charge is -2.35. The molecule has 0 atom stereocenters. The van der Waals surface area contributed by atoms with Crippen LogP contribution in [0.5, 0.6) is 0 Å². The van der Waals surface area contributed by atoms with Gasteiger partial charge in [-0.15, -0.1) is 0 Å². The van der Waals surface area contributed by atoms with Gasteiger partial charge in [-0.3, -0.25) is 4.98 Å². The first kappa shape index (κ1) is 17.4. The highest BCUT2D eigenvalue weighted by Gasteiger charge is 2.26. The number of nitrogens with zero attached hydrogens (tertiary/aromatic N) is 4. The van der Waals surface area contributed by atoms with Crippen molar-refractivity contribution in [1.82, 2.24) is 9.29 Å². The standard InChI is InChI=1S/C18H20N4O2S/c19-15-16-4-6-18(7-5-16)21-10-12-22(13-11-21)25(23,24)14-8-17-3-1-2-9-20-17/h1-7,9H,8,10-14H2. The maximum atomic E-state index is 12.5. The second kappa shape index (κ2) is 7.64. The summed E-state index contributed by atoms with van der Waals surface area (Å²) >= 11 is 0. The number of rotatable bonds is 5. The van der Waals surface area contributed by atoms with Gasteiger partial charge in [-0.05, 0) is 36.4 Å². The number of hydrogen-bond acceptors (Lipinski definition) is 5. The highest BCUT2D eigenvalue weighted by molar-refractivity contribution is 7.89. The Kier molecular flexibility index (Phi) is 5.31. The molecule has 0 bridgehead atoms. The maximum Gasteiger partial charge on any atom is 0.214 e. The van der Waals surface area contributed by atoms with Crippen LogP contribution in [0, 0.1) is 11.3 Å². The fourth-order valence-electron chi connectivity index (χ4n) is 2.88. The summed E-state index contributed by atoms with van der Waals surface area (Å²) in [7, 11) is -3.27. The molecule has 0 aliphatic carbocycles. The molecule has 1 aliphatic rings. The molecule has 2 aromatic rings. The second-order valence-electron chi connectivity index (χ2n) is 5.93. The minimum Gasteiger partial charge on any atom is -0.369 e. The molecule has 6 nitrogen and oxygen atoms in total. The zero-order chi connectivity index (χ0) is 17.7. The average molecular weight is 356 g/mol. The van der Waals surface area contributed by atoms with Gasteiger partial charge >= 0.3 is 0 Å². The normalized spacial score (nSPS) is 15.7. The summed E-state index contributed by atoms with van der Waals surface area (Å²) in [5, 5.41) is 8.85. The van der Waals surface area contributed by atoms with Crippen molar-refractivity contribution in [2.24, 2.45) is 0 Å². The summed E-state index contributed by atoms with van der Waals surface area (Å²) in [5.41, 5.74) is 2.44. The van der Waals surface area contributed by atoms with E-state index in [4.69, 9.17) is 5.26 Å². The SMILES string of the molecule is N#Cc1ccc(N2CCN(S(=O)(=O)CCc3ccccn3)CC2)cc1. The second-order valence-corrected chi connectivity index (χ2v) is 8.02. The topological polar surface area (TPSA) is 77.3 Å². The van der Waals surface area contributed by atoms with Gasteiger partial charge in [0.25, 0.3) is 0 Å². The van der Waals surface area contributed by atoms with E-state index in [1.165, 1.54) is 0 Å². The van der Waals surface area contributed by atoms with Crippen molar-refractivity contribution in [2.75, 3.05) is 36.8 Å². The van der Waals surface area contributed by atoms with E-state index in [9.17, 15) is 8.42 Å². The Hall–Kier alpha value is -2.43. The third-order valence-electron chi connectivity index (χ3n) is 4.34. The number of piperazine rings is 1. The maximum absolute atomic E-state index is 12.5. The third kappa shape index (κ3) is 4.35. The van der Waals surface area contributed by atoms with Gasteiger partial charge < -0.3 is 4.90 Å². The Bertz CT molecular complexity index is 837. The summed E-state index contributed by atoms with van der Waals surface area (Å²) in [4.78, 5) is 6.32. The number of benzene rings is 1. The van der Waals surface area contributed by atoms with Gasteiger partial charge in [-0.1, -0.05) is 6.07 Å². The van der Waals surface area contributed by atoms with E-state index in [0.717, 1.165) is 11.4 Å². The van der Waals surface area contributed by atoms with Crippen LogP contribution in [-0.4, -0.2) is 49.6 Å². The van der Waals surface area contributed by atoms with Crippen LogP contribution in [0.2, 0.25) is 0 Å². The smallest absolute Gasteiger partial charge is 0.214 e.